The number of nitrogens with zero attached hydrogens (tertiary/aromatic N) is 1. The van der Waals surface area contributed by atoms with Crippen molar-refractivity contribution in [2.24, 2.45) is 5.92 Å². The minimum absolute atomic E-state index is 0.136. The van der Waals surface area contributed by atoms with Gasteiger partial charge in [0.2, 0.25) is 0 Å². The smallest absolute Gasteiger partial charge is 0.144 e. The second kappa shape index (κ2) is 7.03. The molecule has 4 heteroatoms. The zero-order valence-corrected chi connectivity index (χ0v) is 13.7. The number of hydrogen-bond donors (Lipinski definition) is 2. The summed E-state index contributed by atoms with van der Waals surface area (Å²) in [5.41, 5.74) is 7.73. The van der Waals surface area contributed by atoms with Gasteiger partial charge < -0.3 is 20.7 Å². The van der Waals surface area contributed by atoms with E-state index in [4.69, 9.17) is 10.5 Å². The van der Waals surface area contributed by atoms with E-state index in [0.29, 0.717) is 11.7 Å². The largest absolute Gasteiger partial charge is 0.489 e. The molecule has 1 aromatic carbocycles. The number of benzene rings is 1. The van der Waals surface area contributed by atoms with Gasteiger partial charge in [0, 0.05) is 30.9 Å². The number of likely N-dealkylation sites (tertiary alicyclic amines) is 1. The molecule has 1 unspecified atom stereocenters. The number of nitrogen functional groups attached to an aromatic ring is 1. The molecule has 3 N–H and O–H groups in total. The second-order valence-electron chi connectivity index (χ2n) is 6.54. The maximum Gasteiger partial charge on any atom is 0.144 e. The molecule has 1 fully saturated rings. The van der Waals surface area contributed by atoms with E-state index in [9.17, 15) is 0 Å². The van der Waals surface area contributed by atoms with E-state index in [2.05, 4.69) is 24.1 Å². The SMILES string of the molecule is CC(C)Oc1cc(NCC2CCN(C(C)C)C2)ccc1N. The lowest BCUT2D eigenvalue weighted by Gasteiger charge is -2.20. The lowest BCUT2D eigenvalue weighted by Crippen LogP contribution is -2.29. The van der Waals surface area contributed by atoms with Crippen LogP contribution in [0.3, 0.4) is 0 Å². The molecule has 1 aliphatic rings. The number of hydrogen-bond acceptors (Lipinski definition) is 4. The molecule has 0 saturated carbocycles. The normalized spacial score (nSPS) is 19.4. The molecule has 118 valence electrons. The maximum atomic E-state index is 5.95. The Balaban J connectivity index is 1.89. The highest BCUT2D eigenvalue weighted by Gasteiger charge is 2.23. The summed E-state index contributed by atoms with van der Waals surface area (Å²) in [6.07, 6.45) is 1.41. The Kier molecular flexibility index (Phi) is 5.34. The number of anilines is 2. The minimum Gasteiger partial charge on any atom is -0.489 e. The van der Waals surface area contributed by atoms with Gasteiger partial charge in [-0.3, -0.25) is 0 Å². The average molecular weight is 291 g/mol. The molecule has 1 heterocycles. The van der Waals surface area contributed by atoms with Crippen molar-refractivity contribution in [1.29, 1.82) is 0 Å². The van der Waals surface area contributed by atoms with Gasteiger partial charge in [-0.2, -0.15) is 0 Å². The third kappa shape index (κ3) is 4.53. The lowest BCUT2D eigenvalue weighted by molar-refractivity contribution is 0.244. The molecule has 2 rings (SSSR count). The van der Waals surface area contributed by atoms with Crippen molar-refractivity contribution in [1.82, 2.24) is 4.90 Å². The number of ether oxygens (including phenoxy) is 1. The highest BCUT2D eigenvalue weighted by atomic mass is 16.5. The van der Waals surface area contributed by atoms with E-state index < -0.39 is 0 Å². The fourth-order valence-corrected chi connectivity index (χ4v) is 2.76. The van der Waals surface area contributed by atoms with E-state index in [1.165, 1.54) is 19.5 Å². The first-order chi connectivity index (χ1) is 9.95. The fourth-order valence-electron chi connectivity index (χ4n) is 2.76. The minimum atomic E-state index is 0.136. The monoisotopic (exact) mass is 291 g/mol. The maximum absolute atomic E-state index is 5.95. The number of rotatable bonds is 6. The lowest BCUT2D eigenvalue weighted by atomic mass is 10.1. The van der Waals surface area contributed by atoms with Gasteiger partial charge in [-0.15, -0.1) is 0 Å². The van der Waals surface area contributed by atoms with Crippen molar-refractivity contribution in [2.75, 3.05) is 30.7 Å². The Hall–Kier alpha value is -1.42. The van der Waals surface area contributed by atoms with E-state index in [1.54, 1.807) is 0 Å². The van der Waals surface area contributed by atoms with Crippen LogP contribution in [0.1, 0.15) is 34.1 Å². The third-order valence-electron chi connectivity index (χ3n) is 4.02. The van der Waals surface area contributed by atoms with Crippen LogP contribution in [0.5, 0.6) is 5.75 Å². The van der Waals surface area contributed by atoms with Gasteiger partial charge in [-0.1, -0.05) is 0 Å². The van der Waals surface area contributed by atoms with Crippen molar-refractivity contribution >= 4 is 11.4 Å². The summed E-state index contributed by atoms with van der Waals surface area (Å²) in [6.45, 7) is 12.0. The molecule has 0 radical (unpaired) electrons. The summed E-state index contributed by atoms with van der Waals surface area (Å²) < 4.78 is 5.73. The first-order valence-electron chi connectivity index (χ1n) is 7.99. The Bertz CT molecular complexity index is 459. The molecule has 21 heavy (non-hydrogen) atoms. The van der Waals surface area contributed by atoms with Gasteiger partial charge in [0.25, 0.3) is 0 Å². The van der Waals surface area contributed by atoms with Gasteiger partial charge in [0.05, 0.1) is 11.8 Å². The third-order valence-corrected chi connectivity index (χ3v) is 4.02. The summed E-state index contributed by atoms with van der Waals surface area (Å²) in [6, 6.07) is 6.59. The van der Waals surface area contributed by atoms with Gasteiger partial charge in [-0.25, -0.2) is 0 Å². The van der Waals surface area contributed by atoms with Crippen LogP contribution in [-0.2, 0) is 0 Å². The van der Waals surface area contributed by atoms with E-state index >= 15 is 0 Å². The van der Waals surface area contributed by atoms with Gasteiger partial charge >= 0.3 is 0 Å². The van der Waals surface area contributed by atoms with Crippen LogP contribution < -0.4 is 15.8 Å². The van der Waals surface area contributed by atoms with E-state index in [1.807, 2.05) is 32.0 Å². The molecule has 1 saturated heterocycles. The summed E-state index contributed by atoms with van der Waals surface area (Å²) in [4.78, 5) is 2.54. The predicted octanol–water partition coefficient (Wildman–Crippen LogP) is 3.20. The van der Waals surface area contributed by atoms with Gasteiger partial charge in [0.15, 0.2) is 0 Å². The molecule has 0 bridgehead atoms. The topological polar surface area (TPSA) is 50.5 Å². The van der Waals surface area contributed by atoms with Gasteiger partial charge in [-0.05, 0) is 58.7 Å². The van der Waals surface area contributed by atoms with E-state index in [-0.39, 0.29) is 6.10 Å². The Morgan fingerprint density at radius 2 is 2.10 bits per heavy atom. The van der Waals surface area contributed by atoms with Gasteiger partial charge in [0.1, 0.15) is 5.75 Å². The summed E-state index contributed by atoms with van der Waals surface area (Å²) in [5.74, 6) is 1.49. The zero-order chi connectivity index (χ0) is 15.4. The van der Waals surface area contributed by atoms with Crippen molar-refractivity contribution in [3.63, 3.8) is 0 Å². The van der Waals surface area contributed by atoms with Crippen LogP contribution in [0.15, 0.2) is 18.2 Å². The number of nitrogens with one attached hydrogen (secondary N) is 1. The van der Waals surface area contributed by atoms with Crippen LogP contribution in [0, 0.1) is 5.92 Å². The van der Waals surface area contributed by atoms with Crippen molar-refractivity contribution in [2.45, 2.75) is 46.3 Å². The summed E-state index contributed by atoms with van der Waals surface area (Å²) in [5, 5.41) is 3.52. The first-order valence-corrected chi connectivity index (χ1v) is 7.99. The molecular weight excluding hydrogens is 262 g/mol. The van der Waals surface area contributed by atoms with Crippen molar-refractivity contribution in [3.05, 3.63) is 18.2 Å². The Labute approximate surface area is 128 Å². The standard InChI is InChI=1S/C17H29N3O/c1-12(2)20-8-7-14(11-20)10-19-15-5-6-16(18)17(9-15)21-13(3)4/h5-6,9,12-14,19H,7-8,10-11,18H2,1-4H3. The molecule has 1 aliphatic heterocycles. The Morgan fingerprint density at radius 3 is 2.71 bits per heavy atom. The van der Waals surface area contributed by atoms with Crippen molar-refractivity contribution in [3.8, 4) is 5.75 Å². The summed E-state index contributed by atoms with van der Waals surface area (Å²) in [7, 11) is 0. The fraction of sp³-hybridized carbons (Fsp3) is 0.647. The molecule has 4 nitrogen and oxygen atoms in total. The van der Waals surface area contributed by atoms with E-state index in [0.717, 1.165) is 23.9 Å². The molecule has 0 aliphatic carbocycles. The quantitative estimate of drug-likeness (QED) is 0.790. The highest BCUT2D eigenvalue weighted by Crippen LogP contribution is 2.27. The predicted molar refractivity (Wildman–Crippen MR) is 89.9 cm³/mol. The molecule has 1 atom stereocenters. The Morgan fingerprint density at radius 1 is 1.33 bits per heavy atom. The van der Waals surface area contributed by atoms with Crippen LogP contribution >= 0.6 is 0 Å². The first kappa shape index (κ1) is 16.0. The highest BCUT2D eigenvalue weighted by molar-refractivity contribution is 5.61. The van der Waals surface area contributed by atoms with Crippen LogP contribution in [0.4, 0.5) is 11.4 Å². The number of nitrogens with two attached hydrogens (primary N) is 1. The summed E-state index contributed by atoms with van der Waals surface area (Å²) >= 11 is 0. The van der Waals surface area contributed by atoms with Crippen LogP contribution in [0.25, 0.3) is 0 Å². The molecule has 0 aromatic heterocycles. The zero-order valence-electron chi connectivity index (χ0n) is 13.7. The second-order valence-corrected chi connectivity index (χ2v) is 6.54. The van der Waals surface area contributed by atoms with Crippen LogP contribution in [0.2, 0.25) is 0 Å². The molecular formula is C17H29N3O. The van der Waals surface area contributed by atoms with Crippen LogP contribution in [-0.4, -0.2) is 36.7 Å². The molecule has 1 aromatic rings. The molecule has 0 spiro atoms. The van der Waals surface area contributed by atoms with Crippen molar-refractivity contribution < 1.29 is 4.74 Å². The average Bonchev–Trinajstić information content (AvgIpc) is 2.88. The molecule has 0 amide bonds.